The molecule has 0 unspecified atom stereocenters. The van der Waals surface area contributed by atoms with E-state index >= 15 is 0 Å². The van der Waals surface area contributed by atoms with Crippen molar-refractivity contribution in [2.75, 3.05) is 43.1 Å². The number of hydrogen-bond acceptors (Lipinski definition) is 5. The maximum Gasteiger partial charge on any atom is 0.401 e. The zero-order valence-corrected chi connectivity index (χ0v) is 17.0. The second kappa shape index (κ2) is 10.1. The number of ether oxygens (including phenoxy) is 1. The van der Waals surface area contributed by atoms with Crippen LogP contribution in [0.25, 0.3) is 0 Å². The highest BCUT2D eigenvalue weighted by Crippen LogP contribution is 2.25. The molecule has 31 heavy (non-hydrogen) atoms. The number of morpholine rings is 1. The Bertz CT molecular complexity index is 832. The summed E-state index contributed by atoms with van der Waals surface area (Å²) in [7, 11) is 0. The monoisotopic (exact) mass is 448 g/mol. The molecule has 1 saturated heterocycles. The highest BCUT2D eigenvalue weighted by molar-refractivity contribution is 6.09. The van der Waals surface area contributed by atoms with Crippen LogP contribution in [0.4, 0.5) is 28.9 Å². The third-order valence-corrected chi connectivity index (χ3v) is 4.36. The van der Waals surface area contributed by atoms with E-state index < -0.39 is 42.3 Å². The lowest BCUT2D eigenvalue weighted by atomic mass is 10.1. The van der Waals surface area contributed by atoms with Crippen LogP contribution in [0.2, 0.25) is 0 Å². The molecule has 0 saturated carbocycles. The van der Waals surface area contributed by atoms with Crippen molar-refractivity contribution in [2.24, 2.45) is 11.7 Å². The fourth-order valence-electron chi connectivity index (χ4n) is 3.22. The number of amides is 3. The summed E-state index contributed by atoms with van der Waals surface area (Å²) in [6.07, 6.45) is -4.67. The molecule has 2 rings (SSSR count). The van der Waals surface area contributed by atoms with Gasteiger partial charge in [-0.15, -0.1) is 0 Å². The van der Waals surface area contributed by atoms with Crippen molar-refractivity contribution in [1.82, 2.24) is 4.90 Å². The van der Waals surface area contributed by atoms with E-state index in [0.29, 0.717) is 4.90 Å². The first kappa shape index (κ1) is 24.5. The fourth-order valence-corrected chi connectivity index (χ4v) is 3.22. The van der Waals surface area contributed by atoms with Gasteiger partial charge >= 0.3 is 6.18 Å². The summed E-state index contributed by atoms with van der Waals surface area (Å²) in [5, 5.41) is 2.23. The van der Waals surface area contributed by atoms with E-state index in [-0.39, 0.29) is 43.6 Å². The topological polar surface area (TPSA) is 105 Å². The lowest BCUT2D eigenvalue weighted by Crippen LogP contribution is -2.55. The molecule has 0 aromatic heterocycles. The number of halogens is 4. The van der Waals surface area contributed by atoms with E-state index in [9.17, 15) is 31.9 Å². The van der Waals surface area contributed by atoms with Crippen LogP contribution in [-0.4, -0.2) is 67.7 Å². The number of nitrogens with one attached hydrogen (secondary N) is 1. The summed E-state index contributed by atoms with van der Waals surface area (Å²) >= 11 is 0. The van der Waals surface area contributed by atoms with Gasteiger partial charge in [-0.2, -0.15) is 13.2 Å². The van der Waals surface area contributed by atoms with Crippen LogP contribution in [0, 0.1) is 11.7 Å². The van der Waals surface area contributed by atoms with Crippen LogP contribution >= 0.6 is 0 Å². The van der Waals surface area contributed by atoms with Gasteiger partial charge in [0.15, 0.2) is 6.04 Å². The van der Waals surface area contributed by atoms with Crippen LogP contribution in [0.3, 0.4) is 0 Å². The number of hydrogen-bond donors (Lipinski definition) is 2. The van der Waals surface area contributed by atoms with Crippen LogP contribution in [0.1, 0.15) is 13.8 Å². The van der Waals surface area contributed by atoms with E-state index in [1.807, 2.05) is 0 Å². The zero-order valence-electron chi connectivity index (χ0n) is 17.0. The van der Waals surface area contributed by atoms with Crippen molar-refractivity contribution >= 4 is 29.1 Å². The van der Waals surface area contributed by atoms with Crippen LogP contribution < -0.4 is 16.0 Å². The second-order valence-electron chi connectivity index (χ2n) is 7.50. The highest BCUT2D eigenvalue weighted by atomic mass is 19.4. The van der Waals surface area contributed by atoms with Crippen molar-refractivity contribution < 1.29 is 36.7 Å². The minimum atomic E-state index is -4.67. The first-order chi connectivity index (χ1) is 14.4. The van der Waals surface area contributed by atoms with E-state index in [4.69, 9.17) is 10.5 Å². The largest absolute Gasteiger partial charge is 0.401 e. The molecule has 0 spiro atoms. The van der Waals surface area contributed by atoms with Crippen molar-refractivity contribution in [3.8, 4) is 0 Å². The molecule has 1 aromatic carbocycles. The lowest BCUT2D eigenvalue weighted by molar-refractivity contribution is -0.158. The summed E-state index contributed by atoms with van der Waals surface area (Å²) in [5.74, 6) is -3.95. The Kier molecular flexibility index (Phi) is 7.96. The van der Waals surface area contributed by atoms with Gasteiger partial charge in [-0.1, -0.05) is 13.8 Å². The predicted octanol–water partition coefficient (Wildman–Crippen LogP) is 1.50. The number of primary amides is 1. The molecule has 1 fully saturated rings. The number of alkyl halides is 3. The number of carbonyl (C=O) groups is 3. The van der Waals surface area contributed by atoms with Gasteiger partial charge in [0.1, 0.15) is 12.4 Å². The highest BCUT2D eigenvalue weighted by Gasteiger charge is 2.39. The van der Waals surface area contributed by atoms with Crippen molar-refractivity contribution in [3.63, 3.8) is 0 Å². The average Bonchev–Trinajstić information content (AvgIpc) is 2.60. The van der Waals surface area contributed by atoms with Gasteiger partial charge < -0.3 is 20.7 Å². The lowest BCUT2D eigenvalue weighted by Gasteiger charge is -2.30. The van der Waals surface area contributed by atoms with E-state index in [2.05, 4.69) is 5.32 Å². The molecule has 1 aliphatic rings. The molecule has 172 valence electrons. The minimum Gasteiger partial charge on any atom is -0.370 e. The Balaban J connectivity index is 2.22. The number of benzene rings is 1. The van der Waals surface area contributed by atoms with Crippen LogP contribution in [0.15, 0.2) is 18.2 Å². The molecule has 0 aliphatic carbocycles. The smallest absolute Gasteiger partial charge is 0.370 e. The van der Waals surface area contributed by atoms with Crippen LogP contribution in [0.5, 0.6) is 0 Å². The van der Waals surface area contributed by atoms with Gasteiger partial charge in [-0.05, 0) is 24.1 Å². The normalized spacial score (nSPS) is 16.0. The first-order valence-corrected chi connectivity index (χ1v) is 9.47. The maximum absolute atomic E-state index is 14.5. The Morgan fingerprint density at radius 1 is 1.32 bits per heavy atom. The van der Waals surface area contributed by atoms with Crippen LogP contribution in [-0.2, 0) is 19.1 Å². The molecule has 0 bridgehead atoms. The number of anilines is 2. The minimum absolute atomic E-state index is 0.0312. The summed E-state index contributed by atoms with van der Waals surface area (Å²) in [6.45, 7) is 1.71. The third kappa shape index (κ3) is 6.89. The van der Waals surface area contributed by atoms with Crippen molar-refractivity contribution in [1.29, 1.82) is 0 Å². The molecule has 1 aliphatic heterocycles. The first-order valence-electron chi connectivity index (χ1n) is 9.47. The summed E-state index contributed by atoms with van der Waals surface area (Å²) in [5.41, 5.74) is 5.08. The van der Waals surface area contributed by atoms with Gasteiger partial charge in [0.25, 0.3) is 11.8 Å². The Labute approximate surface area is 176 Å². The molecule has 3 N–H and O–H groups in total. The molecule has 1 atom stereocenters. The van der Waals surface area contributed by atoms with Crippen molar-refractivity contribution in [2.45, 2.75) is 26.1 Å². The summed E-state index contributed by atoms with van der Waals surface area (Å²) in [6, 6.07) is 1.51. The van der Waals surface area contributed by atoms with Gasteiger partial charge in [0, 0.05) is 18.8 Å². The molecule has 12 heteroatoms. The SMILES string of the molecule is CC(C)CN(CC(F)(F)F)[C@H](C(N)=O)C(=O)Nc1ccc(N2CCOCC2=O)c(F)c1. The number of rotatable bonds is 8. The number of carbonyl (C=O) groups excluding carboxylic acids is 3. The Morgan fingerprint density at radius 3 is 2.52 bits per heavy atom. The molecule has 1 aromatic rings. The van der Waals surface area contributed by atoms with Gasteiger partial charge in [0.05, 0.1) is 18.8 Å². The summed E-state index contributed by atoms with van der Waals surface area (Å²) < 4.78 is 58.4. The van der Waals surface area contributed by atoms with E-state index in [1.54, 1.807) is 13.8 Å². The molecule has 0 radical (unpaired) electrons. The quantitative estimate of drug-likeness (QED) is 0.463. The van der Waals surface area contributed by atoms with E-state index in [1.165, 1.54) is 17.0 Å². The number of nitrogens with two attached hydrogens (primary N) is 1. The van der Waals surface area contributed by atoms with Gasteiger partial charge in [-0.3, -0.25) is 19.3 Å². The summed E-state index contributed by atoms with van der Waals surface area (Å²) in [4.78, 5) is 38.1. The standard InChI is InChI=1S/C19H24F4N4O4/c1-11(2)8-26(10-19(21,22)23)16(17(24)29)18(30)25-12-3-4-14(13(20)7-12)27-5-6-31-9-15(27)28/h3-4,7,11,16H,5-6,8-10H2,1-2H3,(H2,24,29)(H,25,30)/t16-/m1/s1. The molecular weight excluding hydrogens is 424 g/mol. The van der Waals surface area contributed by atoms with E-state index in [0.717, 1.165) is 6.07 Å². The molecule has 1 heterocycles. The van der Waals surface area contributed by atoms with Gasteiger partial charge in [-0.25, -0.2) is 4.39 Å². The maximum atomic E-state index is 14.5. The average molecular weight is 448 g/mol. The molecule has 8 nitrogen and oxygen atoms in total. The predicted molar refractivity (Wildman–Crippen MR) is 104 cm³/mol. The van der Waals surface area contributed by atoms with Crippen molar-refractivity contribution in [3.05, 3.63) is 24.0 Å². The Hall–Kier alpha value is -2.73. The third-order valence-electron chi connectivity index (χ3n) is 4.36. The zero-order chi connectivity index (χ0) is 23.3. The molecule has 3 amide bonds. The fraction of sp³-hybridized carbons (Fsp3) is 0.526. The molecular formula is C19H24F4N4O4. The Morgan fingerprint density at radius 2 is 2.00 bits per heavy atom. The van der Waals surface area contributed by atoms with Gasteiger partial charge in [0.2, 0.25) is 5.91 Å². The number of nitrogens with zero attached hydrogens (tertiary/aromatic N) is 2. The second-order valence-corrected chi connectivity index (χ2v) is 7.50.